The Morgan fingerprint density at radius 3 is 2.57 bits per heavy atom. The molecule has 0 aliphatic heterocycles. The Bertz CT molecular complexity index is 529. The molecule has 1 aromatic rings. The molecule has 23 heavy (non-hydrogen) atoms. The normalized spacial score (nSPS) is 16.0. The molecule has 1 atom stereocenters. The number of carbonyl (C=O) groups is 1. The second-order valence-corrected chi connectivity index (χ2v) is 6.57. The van der Waals surface area contributed by atoms with Gasteiger partial charge in [-0.1, -0.05) is 12.1 Å². The van der Waals surface area contributed by atoms with Crippen LogP contribution in [-0.2, 0) is 4.74 Å². The molecule has 128 valence electrons. The molecule has 1 aliphatic rings. The van der Waals surface area contributed by atoms with Gasteiger partial charge in [0, 0.05) is 19.7 Å². The van der Waals surface area contributed by atoms with Crippen molar-refractivity contribution in [3.8, 4) is 0 Å². The van der Waals surface area contributed by atoms with Gasteiger partial charge in [-0.25, -0.2) is 9.18 Å². The molecule has 0 radical (unpaired) electrons. The highest BCUT2D eigenvalue weighted by Crippen LogP contribution is 2.29. The standard InChI is InChI=1S/C17H25FN2O3/c1-17(2,23-3)11-19-16(22)20(14-8-9-14)10-15(21)12-4-6-13(18)7-5-12/h4-7,14-15,21H,8-11H2,1-3H3,(H,19,22). The molecule has 0 saturated heterocycles. The van der Waals surface area contributed by atoms with Crippen molar-refractivity contribution in [2.24, 2.45) is 0 Å². The first-order chi connectivity index (χ1) is 10.8. The Balaban J connectivity index is 1.95. The van der Waals surface area contributed by atoms with Crippen LogP contribution in [0.1, 0.15) is 38.4 Å². The Morgan fingerprint density at radius 2 is 2.04 bits per heavy atom. The molecular formula is C17H25FN2O3. The highest BCUT2D eigenvalue weighted by atomic mass is 19.1. The molecule has 1 fully saturated rings. The number of rotatable bonds is 7. The average molecular weight is 324 g/mol. The molecule has 0 spiro atoms. The molecule has 2 rings (SSSR count). The maximum absolute atomic E-state index is 13.0. The van der Waals surface area contributed by atoms with Crippen LogP contribution in [0.4, 0.5) is 9.18 Å². The molecule has 1 unspecified atom stereocenters. The topological polar surface area (TPSA) is 61.8 Å². The highest BCUT2D eigenvalue weighted by molar-refractivity contribution is 5.75. The van der Waals surface area contributed by atoms with Gasteiger partial charge in [0.1, 0.15) is 5.82 Å². The van der Waals surface area contributed by atoms with Gasteiger partial charge in [-0.3, -0.25) is 0 Å². The number of amides is 2. The highest BCUT2D eigenvalue weighted by Gasteiger charge is 2.34. The van der Waals surface area contributed by atoms with Crippen molar-refractivity contribution in [3.63, 3.8) is 0 Å². The Morgan fingerprint density at radius 1 is 1.43 bits per heavy atom. The number of halogens is 1. The molecule has 1 aliphatic carbocycles. The smallest absolute Gasteiger partial charge is 0.317 e. The van der Waals surface area contributed by atoms with Crippen molar-refractivity contribution in [1.29, 1.82) is 0 Å². The fourth-order valence-corrected chi connectivity index (χ4v) is 2.22. The van der Waals surface area contributed by atoms with Gasteiger partial charge in [0.2, 0.25) is 0 Å². The maximum atomic E-state index is 13.0. The van der Waals surface area contributed by atoms with Crippen molar-refractivity contribution in [2.45, 2.75) is 44.4 Å². The first kappa shape index (κ1) is 17.7. The van der Waals surface area contributed by atoms with E-state index in [1.54, 1.807) is 12.0 Å². The Labute approximate surface area is 136 Å². The summed E-state index contributed by atoms with van der Waals surface area (Å²) in [6.07, 6.45) is 1.05. The van der Waals surface area contributed by atoms with Crippen LogP contribution in [-0.4, -0.2) is 47.9 Å². The molecule has 0 bridgehead atoms. The van der Waals surface area contributed by atoms with Gasteiger partial charge in [-0.15, -0.1) is 0 Å². The fourth-order valence-electron chi connectivity index (χ4n) is 2.22. The number of methoxy groups -OCH3 is 1. The van der Waals surface area contributed by atoms with Crippen LogP contribution in [0.2, 0.25) is 0 Å². The Kier molecular flexibility index (Phi) is 5.59. The second kappa shape index (κ2) is 7.27. The van der Waals surface area contributed by atoms with E-state index < -0.39 is 11.7 Å². The average Bonchev–Trinajstić information content (AvgIpc) is 3.35. The lowest BCUT2D eigenvalue weighted by molar-refractivity contribution is 0.0236. The van der Waals surface area contributed by atoms with E-state index in [-0.39, 0.29) is 24.4 Å². The summed E-state index contributed by atoms with van der Waals surface area (Å²) in [6, 6.07) is 5.64. The lowest BCUT2D eigenvalue weighted by atomic mass is 10.1. The number of urea groups is 1. The summed E-state index contributed by atoms with van der Waals surface area (Å²) in [5, 5.41) is 13.2. The Hall–Kier alpha value is -1.66. The zero-order valence-electron chi connectivity index (χ0n) is 13.9. The predicted octanol–water partition coefficient (Wildman–Crippen LogP) is 2.46. The first-order valence-corrected chi connectivity index (χ1v) is 7.85. The number of benzene rings is 1. The molecule has 0 heterocycles. The van der Waals surface area contributed by atoms with E-state index in [0.29, 0.717) is 12.1 Å². The third kappa shape index (κ3) is 5.18. The van der Waals surface area contributed by atoms with Crippen LogP contribution in [0.15, 0.2) is 24.3 Å². The van der Waals surface area contributed by atoms with Crippen molar-refractivity contribution in [2.75, 3.05) is 20.2 Å². The molecule has 6 heteroatoms. The van der Waals surface area contributed by atoms with E-state index in [1.807, 2.05) is 13.8 Å². The van der Waals surface area contributed by atoms with Crippen molar-refractivity contribution in [3.05, 3.63) is 35.6 Å². The predicted molar refractivity (Wildman–Crippen MR) is 85.6 cm³/mol. The monoisotopic (exact) mass is 324 g/mol. The first-order valence-electron chi connectivity index (χ1n) is 7.85. The number of hydrogen-bond acceptors (Lipinski definition) is 3. The number of nitrogens with zero attached hydrogens (tertiary/aromatic N) is 1. The molecule has 1 saturated carbocycles. The van der Waals surface area contributed by atoms with E-state index in [2.05, 4.69) is 5.32 Å². The minimum atomic E-state index is -0.836. The van der Waals surface area contributed by atoms with E-state index in [1.165, 1.54) is 24.3 Å². The van der Waals surface area contributed by atoms with Crippen molar-refractivity contribution >= 4 is 6.03 Å². The van der Waals surface area contributed by atoms with E-state index in [0.717, 1.165) is 12.8 Å². The van der Waals surface area contributed by atoms with E-state index in [4.69, 9.17) is 4.74 Å². The third-order valence-electron chi connectivity index (χ3n) is 4.09. The largest absolute Gasteiger partial charge is 0.387 e. The van der Waals surface area contributed by atoms with Crippen molar-refractivity contribution in [1.82, 2.24) is 10.2 Å². The number of carbonyl (C=O) groups excluding carboxylic acids is 1. The minimum absolute atomic E-state index is 0.163. The number of aliphatic hydroxyl groups is 1. The van der Waals surface area contributed by atoms with Gasteiger partial charge in [-0.2, -0.15) is 0 Å². The van der Waals surface area contributed by atoms with Gasteiger partial charge in [0.15, 0.2) is 0 Å². The SMILES string of the molecule is COC(C)(C)CNC(=O)N(CC(O)c1ccc(F)cc1)C1CC1. The minimum Gasteiger partial charge on any atom is -0.387 e. The summed E-state index contributed by atoms with van der Waals surface area (Å²) in [6.45, 7) is 4.36. The van der Waals surface area contributed by atoms with Gasteiger partial charge in [0.05, 0.1) is 18.2 Å². The fraction of sp³-hybridized carbons (Fsp3) is 0.588. The zero-order valence-corrected chi connectivity index (χ0v) is 13.9. The van der Waals surface area contributed by atoms with E-state index in [9.17, 15) is 14.3 Å². The van der Waals surface area contributed by atoms with Gasteiger partial charge in [0.25, 0.3) is 0 Å². The quantitative estimate of drug-likeness (QED) is 0.810. The summed E-state index contributed by atoms with van der Waals surface area (Å²) in [5.74, 6) is -0.348. The second-order valence-electron chi connectivity index (χ2n) is 6.57. The maximum Gasteiger partial charge on any atom is 0.317 e. The van der Waals surface area contributed by atoms with Crippen LogP contribution in [0, 0.1) is 5.82 Å². The number of hydrogen-bond donors (Lipinski definition) is 2. The molecule has 1 aromatic carbocycles. The van der Waals surface area contributed by atoms with Crippen LogP contribution < -0.4 is 5.32 Å². The molecule has 5 nitrogen and oxygen atoms in total. The van der Waals surface area contributed by atoms with Gasteiger partial charge >= 0.3 is 6.03 Å². The van der Waals surface area contributed by atoms with Crippen LogP contribution >= 0.6 is 0 Å². The summed E-state index contributed by atoms with van der Waals surface area (Å²) in [7, 11) is 1.60. The molecule has 2 N–H and O–H groups in total. The summed E-state index contributed by atoms with van der Waals surface area (Å²) < 4.78 is 18.2. The number of ether oxygens (including phenoxy) is 1. The number of nitrogens with one attached hydrogen (secondary N) is 1. The van der Waals surface area contributed by atoms with Gasteiger partial charge in [-0.05, 0) is 44.4 Å². The van der Waals surface area contributed by atoms with Crippen LogP contribution in [0.5, 0.6) is 0 Å². The lowest BCUT2D eigenvalue weighted by Gasteiger charge is -2.29. The summed E-state index contributed by atoms with van der Waals surface area (Å²) >= 11 is 0. The van der Waals surface area contributed by atoms with Gasteiger partial charge < -0.3 is 20.1 Å². The molecular weight excluding hydrogens is 299 g/mol. The van der Waals surface area contributed by atoms with Crippen LogP contribution in [0.3, 0.4) is 0 Å². The number of aliphatic hydroxyl groups excluding tert-OH is 1. The zero-order chi connectivity index (χ0) is 17.0. The lowest BCUT2D eigenvalue weighted by Crippen LogP contribution is -2.48. The summed E-state index contributed by atoms with van der Waals surface area (Å²) in [5.41, 5.74) is 0.155. The molecule has 2 amide bonds. The third-order valence-corrected chi connectivity index (χ3v) is 4.09. The van der Waals surface area contributed by atoms with Crippen molar-refractivity contribution < 1.29 is 19.0 Å². The summed E-state index contributed by atoms with van der Waals surface area (Å²) in [4.78, 5) is 14.0. The molecule has 0 aromatic heterocycles. The van der Waals surface area contributed by atoms with E-state index >= 15 is 0 Å². The van der Waals surface area contributed by atoms with Crippen LogP contribution in [0.25, 0.3) is 0 Å².